The molecule has 0 fully saturated rings. The van der Waals surface area contributed by atoms with Gasteiger partial charge in [0.15, 0.2) is 10.8 Å². The number of amides is 3. The summed E-state index contributed by atoms with van der Waals surface area (Å²) in [5.74, 6) is 1.29. The monoisotopic (exact) mass is 398 g/mol. The van der Waals surface area contributed by atoms with E-state index in [1.54, 1.807) is 24.3 Å². The van der Waals surface area contributed by atoms with Crippen LogP contribution in [0.25, 0.3) is 10.8 Å². The van der Waals surface area contributed by atoms with Gasteiger partial charge in [-0.3, -0.25) is 4.79 Å². The Balaban J connectivity index is 1.64. The zero-order valence-corrected chi connectivity index (χ0v) is 16.7. The van der Waals surface area contributed by atoms with E-state index in [1.807, 2.05) is 38.3 Å². The first-order valence-corrected chi connectivity index (χ1v) is 9.76. The number of benzene rings is 1. The molecule has 0 unspecified atom stereocenters. The van der Waals surface area contributed by atoms with Crippen LogP contribution in [-0.4, -0.2) is 23.0 Å². The number of hydrogen-bond acceptors (Lipinski definition) is 5. The molecule has 2 aromatic heterocycles. The molecular weight excluding hydrogens is 376 g/mol. The molecule has 0 spiro atoms. The number of carbonyl (C=O) groups excluding carboxylic acids is 2. The molecule has 3 rings (SSSR count). The van der Waals surface area contributed by atoms with E-state index < -0.39 is 0 Å². The zero-order chi connectivity index (χ0) is 20.1. The fraction of sp³-hybridized carbons (Fsp3) is 0.250. The topological polar surface area (TPSA) is 96.3 Å². The molecule has 0 saturated heterocycles. The van der Waals surface area contributed by atoms with Gasteiger partial charge in [-0.15, -0.1) is 11.3 Å². The summed E-state index contributed by atoms with van der Waals surface area (Å²) < 4.78 is 5.56. The molecule has 0 atom stereocenters. The number of rotatable bonds is 6. The molecule has 28 heavy (non-hydrogen) atoms. The minimum atomic E-state index is -0.324. The smallest absolute Gasteiger partial charge is 0.319 e. The highest BCUT2D eigenvalue weighted by Gasteiger charge is 2.13. The van der Waals surface area contributed by atoms with Gasteiger partial charge in [-0.1, -0.05) is 12.1 Å². The summed E-state index contributed by atoms with van der Waals surface area (Å²) in [4.78, 5) is 28.9. The van der Waals surface area contributed by atoms with E-state index in [-0.39, 0.29) is 24.4 Å². The standard InChI is InChI=1S/C20H22N4O3S/c1-12(2)21-20(26)24-16-7-5-4-6-15(16)23-18(25)10-14-11-28-19(22-14)17-9-8-13(3)27-17/h4-9,11-12H,10H2,1-3H3,(H,23,25)(H2,21,24,26). The third kappa shape index (κ3) is 5.20. The summed E-state index contributed by atoms with van der Waals surface area (Å²) >= 11 is 1.43. The Kier molecular flexibility index (Phi) is 6.10. The van der Waals surface area contributed by atoms with Crippen molar-refractivity contribution in [3.05, 3.63) is 53.2 Å². The molecule has 3 N–H and O–H groups in total. The van der Waals surface area contributed by atoms with Crippen molar-refractivity contribution < 1.29 is 14.0 Å². The summed E-state index contributed by atoms with van der Waals surface area (Å²) in [6.45, 7) is 5.62. The van der Waals surface area contributed by atoms with Crippen molar-refractivity contribution >= 4 is 34.6 Å². The van der Waals surface area contributed by atoms with Crippen molar-refractivity contribution in [2.45, 2.75) is 33.2 Å². The second-order valence-corrected chi connectivity index (χ2v) is 7.44. The lowest BCUT2D eigenvalue weighted by molar-refractivity contribution is -0.115. The molecule has 3 aromatic rings. The van der Waals surface area contributed by atoms with Crippen molar-refractivity contribution in [2.75, 3.05) is 10.6 Å². The van der Waals surface area contributed by atoms with Gasteiger partial charge in [0.25, 0.3) is 0 Å². The van der Waals surface area contributed by atoms with Gasteiger partial charge in [-0.2, -0.15) is 0 Å². The van der Waals surface area contributed by atoms with Crippen molar-refractivity contribution in [3.8, 4) is 10.8 Å². The Morgan fingerprint density at radius 3 is 2.46 bits per heavy atom. The molecule has 0 aliphatic carbocycles. The lowest BCUT2D eigenvalue weighted by atomic mass is 10.2. The number of nitrogens with one attached hydrogen (secondary N) is 3. The van der Waals surface area contributed by atoms with E-state index >= 15 is 0 Å². The highest BCUT2D eigenvalue weighted by Crippen LogP contribution is 2.26. The number of aryl methyl sites for hydroxylation is 1. The lowest BCUT2D eigenvalue weighted by Gasteiger charge is -2.14. The molecule has 0 saturated carbocycles. The minimum Gasteiger partial charge on any atom is -0.459 e. The van der Waals surface area contributed by atoms with Gasteiger partial charge >= 0.3 is 6.03 Å². The van der Waals surface area contributed by atoms with Gasteiger partial charge in [-0.05, 0) is 45.0 Å². The SMILES string of the molecule is Cc1ccc(-c2nc(CC(=O)Nc3ccccc3NC(=O)NC(C)C)cs2)o1. The number of hydrogen-bond donors (Lipinski definition) is 3. The largest absolute Gasteiger partial charge is 0.459 e. The van der Waals surface area contributed by atoms with Crippen molar-refractivity contribution in [1.29, 1.82) is 0 Å². The summed E-state index contributed by atoms with van der Waals surface area (Å²) in [5.41, 5.74) is 1.72. The van der Waals surface area contributed by atoms with Gasteiger partial charge in [0.05, 0.1) is 23.5 Å². The van der Waals surface area contributed by atoms with E-state index in [2.05, 4.69) is 20.9 Å². The summed E-state index contributed by atoms with van der Waals surface area (Å²) in [7, 11) is 0. The van der Waals surface area contributed by atoms with E-state index in [1.165, 1.54) is 11.3 Å². The van der Waals surface area contributed by atoms with Crippen LogP contribution in [0.3, 0.4) is 0 Å². The van der Waals surface area contributed by atoms with Crippen molar-refractivity contribution in [3.63, 3.8) is 0 Å². The number of carbonyl (C=O) groups is 2. The highest BCUT2D eigenvalue weighted by atomic mass is 32.1. The van der Waals surface area contributed by atoms with Crippen LogP contribution in [0, 0.1) is 6.92 Å². The van der Waals surface area contributed by atoms with Crippen LogP contribution in [0.1, 0.15) is 25.3 Å². The minimum absolute atomic E-state index is 0.0126. The fourth-order valence-electron chi connectivity index (χ4n) is 2.53. The average Bonchev–Trinajstić information content (AvgIpc) is 3.24. The second kappa shape index (κ2) is 8.71. The van der Waals surface area contributed by atoms with Gasteiger partial charge in [-0.25, -0.2) is 9.78 Å². The van der Waals surface area contributed by atoms with Crippen LogP contribution >= 0.6 is 11.3 Å². The summed E-state index contributed by atoms with van der Waals surface area (Å²) in [6.07, 6.45) is 0.128. The van der Waals surface area contributed by atoms with Crippen molar-refractivity contribution in [2.24, 2.45) is 0 Å². The fourth-order valence-corrected chi connectivity index (χ4v) is 3.31. The quantitative estimate of drug-likeness (QED) is 0.572. The number of furan rings is 1. The number of anilines is 2. The molecule has 146 valence electrons. The Morgan fingerprint density at radius 2 is 1.82 bits per heavy atom. The molecule has 0 radical (unpaired) electrons. The molecule has 0 aliphatic heterocycles. The first-order valence-electron chi connectivity index (χ1n) is 8.88. The third-order valence-corrected chi connectivity index (χ3v) is 4.62. The van der Waals surface area contributed by atoms with Gasteiger partial charge in [0, 0.05) is 11.4 Å². The molecule has 7 nitrogen and oxygen atoms in total. The number of thiazole rings is 1. The predicted octanol–water partition coefficient (Wildman–Crippen LogP) is 4.42. The first kappa shape index (κ1) is 19.6. The number of urea groups is 1. The van der Waals surface area contributed by atoms with E-state index in [0.717, 1.165) is 10.8 Å². The van der Waals surface area contributed by atoms with Crippen LogP contribution in [0.2, 0.25) is 0 Å². The summed E-state index contributed by atoms with van der Waals surface area (Å²) in [6, 6.07) is 10.5. The molecule has 0 aliphatic rings. The Bertz CT molecular complexity index is 977. The molecule has 0 bridgehead atoms. The van der Waals surface area contributed by atoms with Crippen LogP contribution in [-0.2, 0) is 11.2 Å². The van der Waals surface area contributed by atoms with Gasteiger partial charge < -0.3 is 20.4 Å². The normalized spacial score (nSPS) is 10.7. The van der Waals surface area contributed by atoms with Crippen LogP contribution in [0.4, 0.5) is 16.2 Å². The van der Waals surface area contributed by atoms with Gasteiger partial charge in [0.2, 0.25) is 5.91 Å². The lowest BCUT2D eigenvalue weighted by Crippen LogP contribution is -2.34. The number of aromatic nitrogens is 1. The number of para-hydroxylation sites is 2. The molecule has 3 amide bonds. The average molecular weight is 398 g/mol. The van der Waals surface area contributed by atoms with Crippen LogP contribution in [0.5, 0.6) is 0 Å². The maximum absolute atomic E-state index is 12.4. The zero-order valence-electron chi connectivity index (χ0n) is 15.9. The molecule has 8 heteroatoms. The molecule has 1 aromatic carbocycles. The summed E-state index contributed by atoms with van der Waals surface area (Å²) in [5, 5.41) is 10.9. The Hall–Kier alpha value is -3.13. The third-order valence-electron chi connectivity index (χ3n) is 3.71. The second-order valence-electron chi connectivity index (χ2n) is 6.58. The predicted molar refractivity (Wildman–Crippen MR) is 111 cm³/mol. The van der Waals surface area contributed by atoms with E-state index in [4.69, 9.17) is 4.42 Å². The van der Waals surface area contributed by atoms with Crippen molar-refractivity contribution in [1.82, 2.24) is 10.3 Å². The van der Waals surface area contributed by atoms with E-state index in [0.29, 0.717) is 22.8 Å². The van der Waals surface area contributed by atoms with Crippen LogP contribution < -0.4 is 16.0 Å². The maximum Gasteiger partial charge on any atom is 0.319 e. The molecular formula is C20H22N4O3S. The highest BCUT2D eigenvalue weighted by molar-refractivity contribution is 7.13. The maximum atomic E-state index is 12.4. The van der Waals surface area contributed by atoms with Crippen LogP contribution in [0.15, 0.2) is 46.2 Å². The Labute approximate surface area is 167 Å². The molecule has 2 heterocycles. The Morgan fingerprint density at radius 1 is 1.11 bits per heavy atom. The first-order chi connectivity index (χ1) is 13.4. The van der Waals surface area contributed by atoms with E-state index in [9.17, 15) is 9.59 Å². The van der Waals surface area contributed by atoms with Gasteiger partial charge in [0.1, 0.15) is 5.76 Å². The number of nitrogens with zero attached hydrogens (tertiary/aromatic N) is 1.